The first-order valence-electron chi connectivity index (χ1n) is 10.2. The van der Waals surface area contributed by atoms with Gasteiger partial charge in [-0.2, -0.15) is 57.2 Å². The minimum Gasteiger partial charge on any atom is -0.369 e. The fourth-order valence-corrected chi connectivity index (χ4v) is 9.11. The van der Waals surface area contributed by atoms with E-state index in [1.807, 2.05) is 0 Å². The predicted molar refractivity (Wildman–Crippen MR) is 110 cm³/mol. The van der Waals surface area contributed by atoms with Crippen molar-refractivity contribution in [2.24, 2.45) is 0 Å². The van der Waals surface area contributed by atoms with Crippen LogP contribution in [0.3, 0.4) is 0 Å². The molecule has 15 heteroatoms. The summed E-state index contributed by atoms with van der Waals surface area (Å²) < 4.78 is 174. The van der Waals surface area contributed by atoms with E-state index in [9.17, 15) is 57.8 Å². The molecule has 2 nitrogen and oxygen atoms in total. The van der Waals surface area contributed by atoms with E-state index in [2.05, 4.69) is 0 Å². The zero-order valence-electron chi connectivity index (χ0n) is 19.0. The lowest BCUT2D eigenvalue weighted by atomic mass is 9.92. The van der Waals surface area contributed by atoms with Crippen molar-refractivity contribution in [3.8, 4) is 0 Å². The molecule has 1 N–H and O–H groups in total. The highest BCUT2D eigenvalue weighted by atomic mass is 31.2. The van der Waals surface area contributed by atoms with Gasteiger partial charge >= 0.3 is 30.3 Å². The summed E-state index contributed by atoms with van der Waals surface area (Å²) >= 11 is 0. The van der Waals surface area contributed by atoms with Gasteiger partial charge in [0.1, 0.15) is 15.8 Å². The largest absolute Gasteiger partial charge is 0.435 e. The Bertz CT molecular complexity index is 1150. The molecule has 1 aliphatic rings. The standard InChI is InChI=1S/C22H18F12O2P/c1-16(2,3)37(14-10-6-4-8-12(14)17(35,19(23,24)25)20(26,27)28)15-11-7-5-9-13(15)18(36-37,21(29,30)31)22(32,33)34/h4-11,35H,1-3H3/q+1. The first-order valence-corrected chi connectivity index (χ1v) is 11.9. The summed E-state index contributed by atoms with van der Waals surface area (Å²) in [6.07, 6.45) is -25.4. The van der Waals surface area contributed by atoms with Crippen molar-refractivity contribution >= 4 is 18.1 Å². The second-order valence-electron chi connectivity index (χ2n) is 9.29. The van der Waals surface area contributed by atoms with Gasteiger partial charge in [0.2, 0.25) is 7.49 Å². The van der Waals surface area contributed by atoms with Gasteiger partial charge in [-0.05, 0) is 32.9 Å². The number of hydrogen-bond acceptors (Lipinski definition) is 2. The van der Waals surface area contributed by atoms with Crippen LogP contribution in [-0.4, -0.2) is 35.0 Å². The zero-order chi connectivity index (χ0) is 28.7. The van der Waals surface area contributed by atoms with Gasteiger partial charge in [-0.3, -0.25) is 0 Å². The molecule has 2 aromatic carbocycles. The highest BCUT2D eigenvalue weighted by Crippen LogP contribution is 2.79. The number of halogens is 12. The molecule has 37 heavy (non-hydrogen) atoms. The summed E-state index contributed by atoms with van der Waals surface area (Å²) in [6.45, 7) is 3.12. The van der Waals surface area contributed by atoms with Crippen molar-refractivity contribution < 1.29 is 62.3 Å². The summed E-state index contributed by atoms with van der Waals surface area (Å²) in [5.41, 5.74) is -14.2. The molecule has 1 atom stereocenters. The van der Waals surface area contributed by atoms with E-state index in [0.717, 1.165) is 45.0 Å². The van der Waals surface area contributed by atoms with Crippen LogP contribution in [0.5, 0.6) is 0 Å². The van der Waals surface area contributed by atoms with E-state index in [-0.39, 0.29) is 6.07 Å². The number of hydrogen-bond donors (Lipinski definition) is 1. The molecule has 0 spiro atoms. The van der Waals surface area contributed by atoms with Crippen LogP contribution < -0.4 is 10.6 Å². The first-order chi connectivity index (χ1) is 16.4. The van der Waals surface area contributed by atoms with E-state index in [1.165, 1.54) is 0 Å². The molecular weight excluding hydrogens is 555 g/mol. The molecule has 206 valence electrons. The maximum Gasteiger partial charge on any atom is 0.435 e. The van der Waals surface area contributed by atoms with E-state index in [4.69, 9.17) is 4.52 Å². The average molecular weight is 573 g/mol. The molecule has 0 radical (unpaired) electrons. The van der Waals surface area contributed by atoms with Gasteiger partial charge in [-0.15, -0.1) is 0 Å². The second kappa shape index (κ2) is 8.22. The minimum atomic E-state index is -6.46. The molecule has 1 aliphatic heterocycles. The number of benzene rings is 2. The number of aliphatic hydroxyl groups is 1. The Labute approximate surface area is 202 Å². The Balaban J connectivity index is 2.61. The Morgan fingerprint density at radius 2 is 1.05 bits per heavy atom. The van der Waals surface area contributed by atoms with Crippen molar-refractivity contribution in [3.63, 3.8) is 0 Å². The Morgan fingerprint density at radius 1 is 0.649 bits per heavy atom. The molecule has 0 amide bonds. The third-order valence-corrected chi connectivity index (χ3v) is 10.7. The fraction of sp³-hybridized carbons (Fsp3) is 0.455. The van der Waals surface area contributed by atoms with Gasteiger partial charge in [-0.1, -0.05) is 36.4 Å². The Kier molecular flexibility index (Phi) is 6.56. The molecule has 0 saturated heterocycles. The van der Waals surface area contributed by atoms with Crippen molar-refractivity contribution in [1.29, 1.82) is 0 Å². The van der Waals surface area contributed by atoms with Crippen LogP contribution in [0.15, 0.2) is 48.5 Å². The van der Waals surface area contributed by atoms with Crippen LogP contribution in [0.25, 0.3) is 0 Å². The summed E-state index contributed by atoms with van der Waals surface area (Å²) in [6, 6.07) is 5.15. The normalized spacial score (nSPS) is 21.2. The van der Waals surface area contributed by atoms with Crippen LogP contribution in [0.2, 0.25) is 0 Å². The average Bonchev–Trinajstić information content (AvgIpc) is 3.05. The summed E-state index contributed by atoms with van der Waals surface area (Å²) in [5, 5.41) is 6.10. The van der Waals surface area contributed by atoms with Gasteiger partial charge in [0.25, 0.3) is 5.60 Å². The summed E-state index contributed by atoms with van der Waals surface area (Å²) in [7, 11) is -4.96. The Hall–Kier alpha value is -2.05. The summed E-state index contributed by atoms with van der Waals surface area (Å²) in [4.78, 5) is 0. The van der Waals surface area contributed by atoms with Crippen LogP contribution in [0.1, 0.15) is 31.9 Å². The van der Waals surface area contributed by atoms with E-state index in [1.54, 1.807) is 0 Å². The maximum atomic E-state index is 14.3. The lowest BCUT2D eigenvalue weighted by Gasteiger charge is -2.40. The zero-order valence-corrected chi connectivity index (χ0v) is 19.9. The second-order valence-corrected chi connectivity index (χ2v) is 13.0. The molecule has 0 aromatic heterocycles. The lowest BCUT2D eigenvalue weighted by molar-refractivity contribution is -0.376. The number of alkyl halides is 12. The highest BCUT2D eigenvalue weighted by Gasteiger charge is 2.86. The third kappa shape index (κ3) is 3.84. The Morgan fingerprint density at radius 3 is 1.46 bits per heavy atom. The molecule has 1 heterocycles. The van der Waals surface area contributed by atoms with Crippen molar-refractivity contribution in [3.05, 3.63) is 59.7 Å². The van der Waals surface area contributed by atoms with Crippen molar-refractivity contribution in [1.82, 2.24) is 0 Å². The highest BCUT2D eigenvalue weighted by molar-refractivity contribution is 7.87. The SMILES string of the molecule is CC(C)(C)[P+]1(c2ccccc2C(O)(C(F)(F)F)C(F)(F)F)OC(C(F)(F)F)(C(F)(F)F)c2ccccc21. The molecule has 2 aromatic rings. The smallest absolute Gasteiger partial charge is 0.369 e. The van der Waals surface area contributed by atoms with Crippen LogP contribution in [-0.2, 0) is 15.7 Å². The maximum absolute atomic E-state index is 14.3. The van der Waals surface area contributed by atoms with Crippen molar-refractivity contribution in [2.75, 3.05) is 0 Å². The van der Waals surface area contributed by atoms with E-state index in [0.29, 0.717) is 18.2 Å². The quantitative estimate of drug-likeness (QED) is 0.309. The molecule has 3 rings (SSSR count). The van der Waals surface area contributed by atoms with Crippen molar-refractivity contribution in [2.45, 2.75) is 61.8 Å². The molecular formula is C22H18F12O2P+. The van der Waals surface area contributed by atoms with E-state index >= 15 is 0 Å². The number of rotatable bonds is 2. The fourth-order valence-electron chi connectivity index (χ4n) is 4.48. The van der Waals surface area contributed by atoms with Crippen LogP contribution in [0.4, 0.5) is 52.7 Å². The van der Waals surface area contributed by atoms with Gasteiger partial charge in [0.05, 0.1) is 5.56 Å². The van der Waals surface area contributed by atoms with Gasteiger partial charge in [0, 0.05) is 5.56 Å². The monoisotopic (exact) mass is 573 g/mol. The molecule has 0 fully saturated rings. The molecule has 0 bridgehead atoms. The molecule has 0 saturated carbocycles. The summed E-state index contributed by atoms with van der Waals surface area (Å²) in [5.74, 6) is 0. The van der Waals surface area contributed by atoms with Gasteiger partial charge in [0.15, 0.2) is 0 Å². The van der Waals surface area contributed by atoms with Gasteiger partial charge in [-0.25, -0.2) is 0 Å². The van der Waals surface area contributed by atoms with Crippen LogP contribution >= 0.6 is 7.49 Å². The lowest BCUT2D eigenvalue weighted by Crippen LogP contribution is -2.57. The predicted octanol–water partition coefficient (Wildman–Crippen LogP) is 7.03. The molecule has 0 aliphatic carbocycles. The first kappa shape index (κ1) is 29.5. The third-order valence-electron chi connectivity index (χ3n) is 6.09. The topological polar surface area (TPSA) is 29.5 Å². The number of fused-ring (bicyclic) bond motifs is 1. The van der Waals surface area contributed by atoms with Gasteiger partial charge < -0.3 is 5.11 Å². The minimum absolute atomic E-state index is 0.164. The van der Waals surface area contributed by atoms with E-state index < -0.39 is 70.3 Å². The van der Waals surface area contributed by atoms with Crippen LogP contribution in [0, 0.1) is 0 Å². The molecule has 1 unspecified atom stereocenters.